The van der Waals surface area contributed by atoms with Gasteiger partial charge in [0.2, 0.25) is 0 Å². The number of piperidine rings is 1. The minimum absolute atomic E-state index is 0.254. The van der Waals surface area contributed by atoms with Crippen LogP contribution in [0, 0.1) is 5.92 Å². The summed E-state index contributed by atoms with van der Waals surface area (Å²) in [5.74, 6) is -0.714. The number of carboxylic acids is 1. The van der Waals surface area contributed by atoms with Crippen molar-refractivity contribution in [2.24, 2.45) is 11.7 Å². The lowest BCUT2D eigenvalue weighted by Crippen LogP contribution is -2.41. The number of rotatable bonds is 5. The molecule has 0 aromatic heterocycles. The first-order valence-corrected chi connectivity index (χ1v) is 7.50. The molecule has 22 heavy (non-hydrogen) atoms. The van der Waals surface area contributed by atoms with Crippen molar-refractivity contribution in [3.63, 3.8) is 0 Å². The Bertz CT molecular complexity index is 498. The molecule has 0 radical (unpaired) electrons. The van der Waals surface area contributed by atoms with Crippen LogP contribution in [0.25, 0.3) is 0 Å². The molecule has 1 fully saturated rings. The predicted molar refractivity (Wildman–Crippen MR) is 81.2 cm³/mol. The second kappa shape index (κ2) is 7.79. The summed E-state index contributed by atoms with van der Waals surface area (Å²) in [6.45, 7) is 1.44. The lowest BCUT2D eigenvalue weighted by molar-refractivity contribution is -0.139. The summed E-state index contributed by atoms with van der Waals surface area (Å²) in [5.41, 5.74) is 6.51. The van der Waals surface area contributed by atoms with Gasteiger partial charge in [0.25, 0.3) is 0 Å². The summed E-state index contributed by atoms with van der Waals surface area (Å²) < 4.78 is 5.29. The Morgan fingerprint density at radius 1 is 1.27 bits per heavy atom. The Balaban J connectivity index is 1.72. The molecule has 0 aliphatic carbocycles. The van der Waals surface area contributed by atoms with Gasteiger partial charge in [-0.15, -0.1) is 0 Å². The summed E-state index contributed by atoms with van der Waals surface area (Å²) >= 11 is 0. The minimum Gasteiger partial charge on any atom is -0.480 e. The van der Waals surface area contributed by atoms with Crippen LogP contribution in [-0.2, 0) is 16.1 Å². The van der Waals surface area contributed by atoms with Crippen LogP contribution in [0.4, 0.5) is 4.79 Å². The van der Waals surface area contributed by atoms with Crippen molar-refractivity contribution in [2.45, 2.75) is 31.9 Å². The molecule has 1 saturated heterocycles. The van der Waals surface area contributed by atoms with Gasteiger partial charge in [0.15, 0.2) is 0 Å². The molecule has 1 heterocycles. The van der Waals surface area contributed by atoms with Crippen LogP contribution in [0.15, 0.2) is 30.3 Å². The van der Waals surface area contributed by atoms with Crippen LogP contribution in [-0.4, -0.2) is 41.2 Å². The Morgan fingerprint density at radius 3 is 2.50 bits per heavy atom. The fourth-order valence-electron chi connectivity index (χ4n) is 2.62. The normalized spacial score (nSPS) is 17.0. The van der Waals surface area contributed by atoms with Gasteiger partial charge in [0.1, 0.15) is 12.6 Å². The highest BCUT2D eigenvalue weighted by atomic mass is 16.6. The number of benzene rings is 1. The second-order valence-corrected chi connectivity index (χ2v) is 5.65. The number of nitrogens with zero attached hydrogens (tertiary/aromatic N) is 1. The van der Waals surface area contributed by atoms with Crippen molar-refractivity contribution >= 4 is 12.1 Å². The van der Waals surface area contributed by atoms with Crippen LogP contribution in [0.5, 0.6) is 0 Å². The van der Waals surface area contributed by atoms with E-state index in [1.807, 2.05) is 30.3 Å². The third-order valence-electron chi connectivity index (χ3n) is 3.98. The molecule has 1 amide bonds. The van der Waals surface area contributed by atoms with Crippen LogP contribution in [0.1, 0.15) is 24.8 Å². The molecule has 2 rings (SSSR count). The topological polar surface area (TPSA) is 92.9 Å². The molecule has 0 saturated carbocycles. The maximum absolute atomic E-state index is 12.0. The molecular formula is C16H22N2O4. The number of likely N-dealkylation sites (tertiary alicyclic amines) is 1. The van der Waals surface area contributed by atoms with E-state index in [4.69, 9.17) is 15.6 Å². The number of amides is 1. The maximum atomic E-state index is 12.0. The molecule has 1 atom stereocenters. The minimum atomic E-state index is -0.968. The zero-order valence-corrected chi connectivity index (χ0v) is 12.5. The first kappa shape index (κ1) is 16.3. The van der Waals surface area contributed by atoms with Crippen molar-refractivity contribution in [3.05, 3.63) is 35.9 Å². The number of aliphatic carboxylic acids is 1. The Kier molecular flexibility index (Phi) is 5.77. The number of ether oxygens (including phenoxy) is 1. The van der Waals surface area contributed by atoms with E-state index in [0.29, 0.717) is 19.5 Å². The van der Waals surface area contributed by atoms with E-state index in [2.05, 4.69) is 0 Å². The van der Waals surface area contributed by atoms with E-state index in [-0.39, 0.29) is 18.6 Å². The molecule has 120 valence electrons. The van der Waals surface area contributed by atoms with Gasteiger partial charge in [-0.1, -0.05) is 30.3 Å². The average Bonchev–Trinajstić information content (AvgIpc) is 2.54. The standard InChI is InChI=1S/C16H22N2O4/c17-14(15(19)20)10-12-6-8-18(9-7-12)16(21)22-11-13-4-2-1-3-5-13/h1-5,12,14H,6-11,17H2,(H,19,20). The first-order chi connectivity index (χ1) is 10.6. The third-order valence-corrected chi connectivity index (χ3v) is 3.98. The molecule has 1 aliphatic heterocycles. The van der Waals surface area contributed by atoms with Gasteiger partial charge in [-0.2, -0.15) is 0 Å². The Morgan fingerprint density at radius 2 is 1.91 bits per heavy atom. The average molecular weight is 306 g/mol. The highest BCUT2D eigenvalue weighted by Crippen LogP contribution is 2.22. The molecule has 0 spiro atoms. The van der Waals surface area contributed by atoms with Crippen LogP contribution in [0.2, 0.25) is 0 Å². The smallest absolute Gasteiger partial charge is 0.410 e. The number of hydrogen-bond donors (Lipinski definition) is 2. The number of nitrogens with two attached hydrogens (primary N) is 1. The molecular weight excluding hydrogens is 284 g/mol. The summed E-state index contributed by atoms with van der Waals surface area (Å²) in [6, 6.07) is 8.72. The zero-order chi connectivity index (χ0) is 15.9. The number of carboxylic acid groups (broad SMARTS) is 1. The molecule has 1 unspecified atom stereocenters. The lowest BCUT2D eigenvalue weighted by atomic mass is 9.90. The maximum Gasteiger partial charge on any atom is 0.410 e. The van der Waals surface area contributed by atoms with Crippen molar-refractivity contribution < 1.29 is 19.4 Å². The van der Waals surface area contributed by atoms with Gasteiger partial charge < -0.3 is 20.5 Å². The fourth-order valence-corrected chi connectivity index (χ4v) is 2.62. The molecule has 1 aromatic rings. The quantitative estimate of drug-likeness (QED) is 0.866. The SMILES string of the molecule is NC(CC1CCN(C(=O)OCc2ccccc2)CC1)C(=O)O. The van der Waals surface area contributed by atoms with Gasteiger partial charge in [0.05, 0.1) is 0 Å². The molecule has 3 N–H and O–H groups in total. The van der Waals surface area contributed by atoms with Crippen molar-refractivity contribution in [2.75, 3.05) is 13.1 Å². The number of hydrogen-bond acceptors (Lipinski definition) is 4. The van der Waals surface area contributed by atoms with Crippen molar-refractivity contribution in [3.8, 4) is 0 Å². The summed E-state index contributed by atoms with van der Waals surface area (Å²) in [5, 5.41) is 8.82. The van der Waals surface area contributed by atoms with E-state index in [1.54, 1.807) is 4.90 Å². The van der Waals surface area contributed by atoms with E-state index < -0.39 is 12.0 Å². The second-order valence-electron chi connectivity index (χ2n) is 5.65. The van der Waals surface area contributed by atoms with E-state index in [0.717, 1.165) is 18.4 Å². The van der Waals surface area contributed by atoms with Gasteiger partial charge >= 0.3 is 12.1 Å². The highest BCUT2D eigenvalue weighted by molar-refractivity contribution is 5.73. The highest BCUT2D eigenvalue weighted by Gasteiger charge is 2.26. The van der Waals surface area contributed by atoms with Gasteiger partial charge in [0, 0.05) is 13.1 Å². The summed E-state index contributed by atoms with van der Waals surface area (Å²) in [6.07, 6.45) is 1.68. The van der Waals surface area contributed by atoms with E-state index >= 15 is 0 Å². The van der Waals surface area contributed by atoms with E-state index in [1.165, 1.54) is 0 Å². The number of carbonyl (C=O) groups is 2. The van der Waals surface area contributed by atoms with Crippen LogP contribution < -0.4 is 5.73 Å². The van der Waals surface area contributed by atoms with Gasteiger partial charge in [-0.05, 0) is 30.7 Å². The molecule has 1 aliphatic rings. The Hall–Kier alpha value is -2.08. The third kappa shape index (κ3) is 4.73. The predicted octanol–water partition coefficient (Wildman–Crippen LogP) is 1.84. The molecule has 1 aromatic carbocycles. The summed E-state index contributed by atoms with van der Waals surface area (Å²) in [7, 11) is 0. The summed E-state index contributed by atoms with van der Waals surface area (Å²) in [4.78, 5) is 24.4. The zero-order valence-electron chi connectivity index (χ0n) is 12.5. The molecule has 6 heteroatoms. The first-order valence-electron chi connectivity index (χ1n) is 7.50. The lowest BCUT2D eigenvalue weighted by Gasteiger charge is -2.31. The number of carbonyl (C=O) groups excluding carboxylic acids is 1. The Labute approximate surface area is 129 Å². The van der Waals surface area contributed by atoms with Crippen molar-refractivity contribution in [1.82, 2.24) is 4.90 Å². The monoisotopic (exact) mass is 306 g/mol. The molecule has 6 nitrogen and oxygen atoms in total. The van der Waals surface area contributed by atoms with Gasteiger partial charge in [-0.25, -0.2) is 4.79 Å². The fraction of sp³-hybridized carbons (Fsp3) is 0.500. The van der Waals surface area contributed by atoms with Gasteiger partial charge in [-0.3, -0.25) is 4.79 Å². The van der Waals surface area contributed by atoms with E-state index in [9.17, 15) is 9.59 Å². The molecule has 0 bridgehead atoms. The van der Waals surface area contributed by atoms with Crippen LogP contribution in [0.3, 0.4) is 0 Å². The van der Waals surface area contributed by atoms with Crippen LogP contribution >= 0.6 is 0 Å². The van der Waals surface area contributed by atoms with Crippen molar-refractivity contribution in [1.29, 1.82) is 0 Å². The largest absolute Gasteiger partial charge is 0.480 e.